The minimum Gasteiger partial charge on any atom is -0.254 e. The largest absolute Gasteiger partial charge is 0.254 e. The molecule has 0 saturated heterocycles. The van der Waals surface area contributed by atoms with Gasteiger partial charge in [0.05, 0.1) is 11.4 Å². The Morgan fingerprint density at radius 3 is 1.84 bits per heavy atom. The van der Waals surface area contributed by atoms with Crippen LogP contribution in [0.2, 0.25) is 0 Å². The van der Waals surface area contributed by atoms with Crippen molar-refractivity contribution >= 4 is 32.3 Å². The van der Waals surface area contributed by atoms with Gasteiger partial charge < -0.3 is 0 Å². The second-order valence-electron chi connectivity index (χ2n) is 13.8. The second-order valence-corrected chi connectivity index (χ2v) is 13.8. The van der Waals surface area contributed by atoms with Crippen molar-refractivity contribution < 1.29 is 0 Å². The predicted molar refractivity (Wildman–Crippen MR) is 205 cm³/mol. The van der Waals surface area contributed by atoms with Crippen molar-refractivity contribution in [3.05, 3.63) is 169 Å². The SMILES string of the molecule is CC1(C)c2cccnc2-c2ncc(-c3ccc(-c4ccc(-c5ccc6ccc7cccc8ccc5c6c78)cc4)c(-c4ccccc4)c3)cc21. The maximum Gasteiger partial charge on any atom is 0.0930 e. The second kappa shape index (κ2) is 10.4. The van der Waals surface area contributed by atoms with Gasteiger partial charge in [-0.3, -0.25) is 9.97 Å². The zero-order valence-corrected chi connectivity index (χ0v) is 27.4. The summed E-state index contributed by atoms with van der Waals surface area (Å²) in [6.07, 6.45) is 3.87. The molecular weight excluding hydrogens is 593 g/mol. The molecule has 7 aromatic carbocycles. The molecule has 0 N–H and O–H groups in total. The van der Waals surface area contributed by atoms with Crippen LogP contribution < -0.4 is 0 Å². The van der Waals surface area contributed by atoms with Crippen molar-refractivity contribution in [3.63, 3.8) is 0 Å². The number of pyridine rings is 2. The van der Waals surface area contributed by atoms with E-state index in [2.05, 4.69) is 153 Å². The van der Waals surface area contributed by atoms with Gasteiger partial charge in [-0.1, -0.05) is 141 Å². The van der Waals surface area contributed by atoms with E-state index in [0.29, 0.717) is 0 Å². The molecule has 0 radical (unpaired) electrons. The van der Waals surface area contributed by atoms with Crippen molar-refractivity contribution in [2.75, 3.05) is 0 Å². The summed E-state index contributed by atoms with van der Waals surface area (Å²) in [5, 5.41) is 7.88. The molecule has 2 aromatic heterocycles. The van der Waals surface area contributed by atoms with Crippen LogP contribution in [-0.4, -0.2) is 9.97 Å². The van der Waals surface area contributed by atoms with Crippen molar-refractivity contribution in [1.29, 1.82) is 0 Å². The normalized spacial score (nSPS) is 13.3. The lowest BCUT2D eigenvalue weighted by Gasteiger charge is -2.21. The maximum atomic E-state index is 4.98. The van der Waals surface area contributed by atoms with Crippen LogP contribution in [0.4, 0.5) is 0 Å². The van der Waals surface area contributed by atoms with Crippen LogP contribution in [-0.2, 0) is 5.41 Å². The van der Waals surface area contributed by atoms with Crippen LogP contribution in [0.1, 0.15) is 25.0 Å². The van der Waals surface area contributed by atoms with Crippen LogP contribution in [0, 0.1) is 0 Å². The first kappa shape index (κ1) is 27.9. The summed E-state index contributed by atoms with van der Waals surface area (Å²) in [5.74, 6) is 0. The first-order chi connectivity index (χ1) is 24.0. The predicted octanol–water partition coefficient (Wildman–Crippen LogP) is 12.3. The van der Waals surface area contributed by atoms with E-state index in [-0.39, 0.29) is 5.41 Å². The van der Waals surface area contributed by atoms with Crippen LogP contribution in [0.5, 0.6) is 0 Å². The lowest BCUT2D eigenvalue weighted by molar-refractivity contribution is 0.658. The van der Waals surface area contributed by atoms with Gasteiger partial charge in [-0.05, 0) is 101 Å². The molecule has 2 nitrogen and oxygen atoms in total. The summed E-state index contributed by atoms with van der Waals surface area (Å²) in [6.45, 7) is 4.55. The van der Waals surface area contributed by atoms with Gasteiger partial charge in [-0.15, -0.1) is 0 Å². The zero-order chi connectivity index (χ0) is 32.7. The fourth-order valence-electron chi connectivity index (χ4n) is 8.18. The molecule has 0 saturated carbocycles. The quantitative estimate of drug-likeness (QED) is 0.182. The highest BCUT2D eigenvalue weighted by atomic mass is 14.8. The fourth-order valence-corrected chi connectivity index (χ4v) is 8.18. The number of fused-ring (bicyclic) bond motifs is 3. The summed E-state index contributed by atoms with van der Waals surface area (Å²) >= 11 is 0. The Hall–Kier alpha value is -6.12. The van der Waals surface area contributed by atoms with Gasteiger partial charge in [0, 0.05) is 23.4 Å². The van der Waals surface area contributed by atoms with E-state index >= 15 is 0 Å². The molecule has 2 heteroatoms. The fraction of sp³-hybridized carbons (Fsp3) is 0.0638. The average molecular weight is 625 g/mol. The van der Waals surface area contributed by atoms with Gasteiger partial charge >= 0.3 is 0 Å². The lowest BCUT2D eigenvalue weighted by atomic mass is 9.82. The molecule has 0 unspecified atom stereocenters. The smallest absolute Gasteiger partial charge is 0.0930 e. The third kappa shape index (κ3) is 4.20. The molecule has 0 bridgehead atoms. The van der Waals surface area contributed by atoms with Crippen LogP contribution in [0.25, 0.3) is 88.2 Å². The average Bonchev–Trinajstić information content (AvgIpc) is 3.39. The van der Waals surface area contributed by atoms with E-state index in [4.69, 9.17) is 9.97 Å². The molecule has 1 aliphatic rings. The number of rotatable bonds is 4. The standard InChI is InChI=1S/C47H32N2/c1-47(2)41-12-7-25-48-45(41)46-42(47)27-36(28-49-46)35-21-23-38(40(26-35)29-8-4-3-5-9-29)31-15-13-30(14-16-31)37-22-19-34-18-17-32-10-6-11-33-20-24-39(37)44(34)43(32)33/h3-28H,1-2H3. The van der Waals surface area contributed by atoms with E-state index in [9.17, 15) is 0 Å². The molecule has 0 spiro atoms. The number of hydrogen-bond acceptors (Lipinski definition) is 2. The maximum absolute atomic E-state index is 4.98. The van der Waals surface area contributed by atoms with E-state index in [1.54, 1.807) is 0 Å². The molecule has 1 aliphatic carbocycles. The van der Waals surface area contributed by atoms with Gasteiger partial charge in [0.15, 0.2) is 0 Å². The first-order valence-electron chi connectivity index (χ1n) is 17.0. The van der Waals surface area contributed by atoms with E-state index in [0.717, 1.165) is 22.5 Å². The van der Waals surface area contributed by atoms with E-state index in [1.165, 1.54) is 76.8 Å². The summed E-state index contributed by atoms with van der Waals surface area (Å²) in [5.41, 5.74) is 13.9. The zero-order valence-electron chi connectivity index (χ0n) is 27.4. The summed E-state index contributed by atoms with van der Waals surface area (Å²) in [7, 11) is 0. The first-order valence-corrected chi connectivity index (χ1v) is 17.0. The Bertz CT molecular complexity index is 2710. The van der Waals surface area contributed by atoms with Crippen LogP contribution in [0.15, 0.2) is 158 Å². The Morgan fingerprint density at radius 2 is 1.04 bits per heavy atom. The minimum atomic E-state index is -0.152. The van der Waals surface area contributed by atoms with Crippen LogP contribution in [0.3, 0.4) is 0 Å². The third-order valence-electron chi connectivity index (χ3n) is 10.7. The monoisotopic (exact) mass is 624 g/mol. The lowest BCUT2D eigenvalue weighted by Crippen LogP contribution is -2.15. The highest BCUT2D eigenvalue weighted by Gasteiger charge is 2.37. The van der Waals surface area contributed by atoms with Gasteiger partial charge in [0.1, 0.15) is 0 Å². The number of hydrogen-bond donors (Lipinski definition) is 0. The molecule has 0 amide bonds. The highest BCUT2D eigenvalue weighted by Crippen LogP contribution is 2.48. The van der Waals surface area contributed by atoms with Crippen molar-refractivity contribution in [3.8, 4) is 55.9 Å². The topological polar surface area (TPSA) is 25.8 Å². The van der Waals surface area contributed by atoms with Crippen molar-refractivity contribution in [1.82, 2.24) is 9.97 Å². The molecule has 49 heavy (non-hydrogen) atoms. The number of nitrogens with zero attached hydrogens (tertiary/aromatic N) is 2. The molecule has 0 atom stereocenters. The highest BCUT2D eigenvalue weighted by molar-refractivity contribution is 6.25. The molecule has 0 fully saturated rings. The minimum absolute atomic E-state index is 0.152. The van der Waals surface area contributed by atoms with Crippen molar-refractivity contribution in [2.24, 2.45) is 0 Å². The van der Waals surface area contributed by atoms with Crippen LogP contribution >= 0.6 is 0 Å². The summed E-state index contributed by atoms with van der Waals surface area (Å²) < 4.78 is 0. The Labute approximate surface area is 285 Å². The van der Waals surface area contributed by atoms with Gasteiger partial charge in [0.25, 0.3) is 0 Å². The molecule has 0 aliphatic heterocycles. The number of benzene rings is 7. The molecular formula is C47H32N2. The molecule has 10 rings (SSSR count). The molecule has 9 aromatic rings. The van der Waals surface area contributed by atoms with Gasteiger partial charge in [-0.25, -0.2) is 0 Å². The molecule has 230 valence electrons. The summed E-state index contributed by atoms with van der Waals surface area (Å²) in [4.78, 5) is 9.67. The molecule has 2 heterocycles. The Kier molecular flexibility index (Phi) is 5.95. The van der Waals surface area contributed by atoms with Gasteiger partial charge in [-0.2, -0.15) is 0 Å². The summed E-state index contributed by atoms with van der Waals surface area (Å²) in [6, 6.07) is 53.4. The van der Waals surface area contributed by atoms with Crippen molar-refractivity contribution in [2.45, 2.75) is 19.3 Å². The van der Waals surface area contributed by atoms with E-state index < -0.39 is 0 Å². The number of aromatic nitrogens is 2. The Balaban J connectivity index is 1.07. The Morgan fingerprint density at radius 1 is 0.408 bits per heavy atom. The van der Waals surface area contributed by atoms with Gasteiger partial charge in [0.2, 0.25) is 0 Å². The van der Waals surface area contributed by atoms with E-state index in [1.807, 2.05) is 18.5 Å². The third-order valence-corrected chi connectivity index (χ3v) is 10.7.